The van der Waals surface area contributed by atoms with Gasteiger partial charge in [-0.25, -0.2) is 8.42 Å². The minimum absolute atomic E-state index is 0.0746. The number of para-hydroxylation sites is 1. The van der Waals surface area contributed by atoms with Gasteiger partial charge in [-0.3, -0.25) is 4.79 Å². The SMILES string of the molecule is COCCN(CC(N)=O)S(=O)(=O)c1ccccc1OC(F)(F)F. The van der Waals surface area contributed by atoms with Crippen molar-refractivity contribution in [1.82, 2.24) is 4.31 Å². The van der Waals surface area contributed by atoms with E-state index in [9.17, 15) is 26.4 Å². The van der Waals surface area contributed by atoms with Crippen LogP contribution in [-0.2, 0) is 19.6 Å². The van der Waals surface area contributed by atoms with Gasteiger partial charge in [0.2, 0.25) is 15.9 Å². The Morgan fingerprint density at radius 1 is 1.30 bits per heavy atom. The molecule has 7 nitrogen and oxygen atoms in total. The number of nitrogens with two attached hydrogens (primary N) is 1. The Kier molecular flexibility index (Phi) is 6.36. The van der Waals surface area contributed by atoms with E-state index in [1.165, 1.54) is 19.2 Å². The Morgan fingerprint density at radius 2 is 1.91 bits per heavy atom. The van der Waals surface area contributed by atoms with E-state index in [0.29, 0.717) is 4.31 Å². The topological polar surface area (TPSA) is 98.9 Å². The van der Waals surface area contributed by atoms with E-state index in [-0.39, 0.29) is 13.2 Å². The smallest absolute Gasteiger partial charge is 0.404 e. The average Bonchev–Trinajstić information content (AvgIpc) is 2.41. The van der Waals surface area contributed by atoms with Crippen molar-refractivity contribution in [3.8, 4) is 5.75 Å². The number of amides is 1. The van der Waals surface area contributed by atoms with Gasteiger partial charge in [0.25, 0.3) is 0 Å². The number of hydrogen-bond acceptors (Lipinski definition) is 5. The summed E-state index contributed by atoms with van der Waals surface area (Å²) in [5.74, 6) is -1.86. The lowest BCUT2D eigenvalue weighted by Gasteiger charge is -2.22. The summed E-state index contributed by atoms with van der Waals surface area (Å²) in [6.07, 6.45) is -5.06. The number of benzene rings is 1. The van der Waals surface area contributed by atoms with Crippen LogP contribution in [0.2, 0.25) is 0 Å². The number of carbonyl (C=O) groups excluding carboxylic acids is 1. The molecule has 0 spiro atoms. The highest BCUT2D eigenvalue weighted by atomic mass is 32.2. The molecule has 11 heteroatoms. The molecular formula is C12H15F3N2O5S. The monoisotopic (exact) mass is 356 g/mol. The quantitative estimate of drug-likeness (QED) is 0.740. The fraction of sp³-hybridized carbons (Fsp3) is 0.417. The van der Waals surface area contributed by atoms with Gasteiger partial charge < -0.3 is 15.2 Å². The van der Waals surface area contributed by atoms with Gasteiger partial charge in [-0.15, -0.1) is 13.2 Å². The highest BCUT2D eigenvalue weighted by Gasteiger charge is 2.35. The first-order valence-corrected chi connectivity index (χ1v) is 7.64. The van der Waals surface area contributed by atoms with Crippen LogP contribution < -0.4 is 10.5 Å². The molecule has 0 aromatic heterocycles. The Hall–Kier alpha value is -1.85. The molecule has 1 rings (SSSR count). The van der Waals surface area contributed by atoms with Gasteiger partial charge in [0, 0.05) is 13.7 Å². The molecular weight excluding hydrogens is 341 g/mol. The number of primary amides is 1. The van der Waals surface area contributed by atoms with Crippen molar-refractivity contribution in [2.24, 2.45) is 5.73 Å². The molecule has 1 amide bonds. The summed E-state index contributed by atoms with van der Waals surface area (Å²) < 4.78 is 71.3. The van der Waals surface area contributed by atoms with Crippen LogP contribution in [-0.4, -0.2) is 51.8 Å². The van der Waals surface area contributed by atoms with E-state index in [1.807, 2.05) is 0 Å². The number of nitrogens with zero attached hydrogens (tertiary/aromatic N) is 1. The van der Waals surface area contributed by atoms with Crippen LogP contribution >= 0.6 is 0 Å². The van der Waals surface area contributed by atoms with Crippen LogP contribution in [0.25, 0.3) is 0 Å². The van der Waals surface area contributed by atoms with Gasteiger partial charge in [-0.05, 0) is 12.1 Å². The van der Waals surface area contributed by atoms with Crippen LogP contribution in [0.1, 0.15) is 0 Å². The average molecular weight is 356 g/mol. The molecule has 0 saturated heterocycles. The van der Waals surface area contributed by atoms with Gasteiger partial charge in [0.05, 0.1) is 13.2 Å². The number of sulfonamides is 1. The highest BCUT2D eigenvalue weighted by molar-refractivity contribution is 7.89. The summed E-state index contributed by atoms with van der Waals surface area (Å²) in [5.41, 5.74) is 4.98. The summed E-state index contributed by atoms with van der Waals surface area (Å²) >= 11 is 0. The number of methoxy groups -OCH3 is 1. The molecule has 2 N–H and O–H groups in total. The van der Waals surface area contributed by atoms with Crippen LogP contribution in [0.3, 0.4) is 0 Å². The van der Waals surface area contributed by atoms with Crippen molar-refractivity contribution < 1.29 is 35.9 Å². The number of halogens is 3. The second-order valence-corrected chi connectivity index (χ2v) is 6.20. The molecule has 0 fully saturated rings. The zero-order valence-electron chi connectivity index (χ0n) is 12.0. The molecule has 0 atom stereocenters. The molecule has 0 heterocycles. The van der Waals surface area contributed by atoms with Gasteiger partial charge in [-0.2, -0.15) is 4.31 Å². The lowest BCUT2D eigenvalue weighted by atomic mass is 10.3. The maximum atomic E-state index is 12.5. The Labute approximate surface area is 130 Å². The molecule has 1 aromatic carbocycles. The maximum absolute atomic E-state index is 12.5. The van der Waals surface area contributed by atoms with Crippen molar-refractivity contribution in [3.05, 3.63) is 24.3 Å². The summed E-state index contributed by atoms with van der Waals surface area (Å²) in [4.78, 5) is 10.3. The summed E-state index contributed by atoms with van der Waals surface area (Å²) in [5, 5.41) is 0. The molecule has 0 aliphatic rings. The fourth-order valence-corrected chi connectivity index (χ4v) is 3.17. The summed E-state index contributed by atoms with van der Waals surface area (Å²) in [6.45, 7) is -1.04. The summed E-state index contributed by atoms with van der Waals surface area (Å²) in [7, 11) is -3.14. The normalized spacial score (nSPS) is 12.4. The van der Waals surface area contributed by atoms with Gasteiger partial charge >= 0.3 is 6.36 Å². The van der Waals surface area contributed by atoms with E-state index < -0.39 is 39.5 Å². The van der Waals surface area contributed by atoms with E-state index in [4.69, 9.17) is 10.5 Å². The number of carbonyl (C=O) groups is 1. The van der Waals surface area contributed by atoms with Crippen LogP contribution in [0, 0.1) is 0 Å². The molecule has 0 unspecified atom stereocenters. The first kappa shape index (κ1) is 19.2. The van der Waals surface area contributed by atoms with Crippen molar-refractivity contribution in [2.45, 2.75) is 11.3 Å². The largest absolute Gasteiger partial charge is 0.573 e. The van der Waals surface area contributed by atoms with E-state index in [0.717, 1.165) is 12.1 Å². The molecule has 0 bridgehead atoms. The molecule has 0 radical (unpaired) electrons. The number of hydrogen-bond donors (Lipinski definition) is 1. The first-order chi connectivity index (χ1) is 10.6. The second-order valence-electron chi connectivity index (χ2n) is 4.29. The van der Waals surface area contributed by atoms with Gasteiger partial charge in [0.15, 0.2) is 0 Å². The zero-order chi connectivity index (χ0) is 17.7. The van der Waals surface area contributed by atoms with Gasteiger partial charge in [0.1, 0.15) is 10.6 Å². The first-order valence-electron chi connectivity index (χ1n) is 6.20. The van der Waals surface area contributed by atoms with E-state index in [2.05, 4.69) is 4.74 Å². The lowest BCUT2D eigenvalue weighted by molar-refractivity contribution is -0.275. The van der Waals surface area contributed by atoms with Crippen molar-refractivity contribution in [1.29, 1.82) is 0 Å². The Bertz CT molecular complexity index is 648. The molecule has 130 valence electrons. The Balaban J connectivity index is 3.26. The Morgan fingerprint density at radius 3 is 2.43 bits per heavy atom. The van der Waals surface area contributed by atoms with Crippen molar-refractivity contribution in [2.75, 3.05) is 26.8 Å². The predicted octanol–water partition coefficient (Wildman–Crippen LogP) is 0.708. The number of rotatable bonds is 8. The van der Waals surface area contributed by atoms with Crippen LogP contribution in [0.4, 0.5) is 13.2 Å². The third kappa shape index (κ3) is 5.69. The predicted molar refractivity (Wildman–Crippen MR) is 73.0 cm³/mol. The molecule has 1 aromatic rings. The van der Waals surface area contributed by atoms with E-state index in [1.54, 1.807) is 0 Å². The third-order valence-electron chi connectivity index (χ3n) is 2.57. The fourth-order valence-electron chi connectivity index (χ4n) is 1.66. The minimum Gasteiger partial charge on any atom is -0.404 e. The second kappa shape index (κ2) is 7.62. The number of ether oxygens (including phenoxy) is 2. The molecule has 0 saturated carbocycles. The van der Waals surface area contributed by atoms with Crippen molar-refractivity contribution >= 4 is 15.9 Å². The van der Waals surface area contributed by atoms with Crippen LogP contribution in [0.15, 0.2) is 29.2 Å². The van der Waals surface area contributed by atoms with Crippen molar-refractivity contribution in [3.63, 3.8) is 0 Å². The summed E-state index contributed by atoms with van der Waals surface area (Å²) in [6, 6.07) is 4.22. The standard InChI is InChI=1S/C12H15F3N2O5S/c1-21-7-6-17(8-11(16)18)23(19,20)10-5-3-2-4-9(10)22-12(13,14)15/h2-5H,6-8H2,1H3,(H2,16,18). The molecule has 23 heavy (non-hydrogen) atoms. The molecule has 0 aliphatic heterocycles. The van der Waals surface area contributed by atoms with Crippen LogP contribution in [0.5, 0.6) is 5.75 Å². The van der Waals surface area contributed by atoms with E-state index >= 15 is 0 Å². The third-order valence-corrected chi connectivity index (χ3v) is 4.45. The number of alkyl halides is 3. The zero-order valence-corrected chi connectivity index (χ0v) is 12.9. The lowest BCUT2D eigenvalue weighted by Crippen LogP contribution is -2.40. The minimum atomic E-state index is -5.06. The molecule has 0 aliphatic carbocycles. The maximum Gasteiger partial charge on any atom is 0.573 e. The van der Waals surface area contributed by atoms with Gasteiger partial charge in [-0.1, -0.05) is 12.1 Å². The highest BCUT2D eigenvalue weighted by Crippen LogP contribution is 2.31.